The minimum Gasteiger partial charge on any atom is -0.496 e. The highest BCUT2D eigenvalue weighted by Gasteiger charge is 2.16. The Balaban J connectivity index is 1.74. The lowest BCUT2D eigenvalue weighted by Crippen LogP contribution is -2.35. The highest BCUT2D eigenvalue weighted by Crippen LogP contribution is 2.24. The summed E-state index contributed by atoms with van der Waals surface area (Å²) in [7, 11) is 1.59. The van der Waals surface area contributed by atoms with Gasteiger partial charge in [0.1, 0.15) is 5.75 Å². The van der Waals surface area contributed by atoms with Crippen molar-refractivity contribution in [3.8, 4) is 5.75 Å². The summed E-state index contributed by atoms with van der Waals surface area (Å²) in [6, 6.07) is 5.89. The number of carbonyl (C=O) groups is 2. The highest BCUT2D eigenvalue weighted by atomic mass is 79.9. The Labute approximate surface area is 151 Å². The van der Waals surface area contributed by atoms with Crippen LogP contribution in [0.2, 0.25) is 0 Å². The van der Waals surface area contributed by atoms with E-state index < -0.39 is 0 Å². The average molecular weight is 395 g/mol. The van der Waals surface area contributed by atoms with Crippen LogP contribution in [-0.2, 0) is 9.59 Å². The molecule has 1 fully saturated rings. The third kappa shape index (κ3) is 6.00. The molecule has 1 aromatic rings. The minimum absolute atomic E-state index is 0.000149. The largest absolute Gasteiger partial charge is 0.496 e. The highest BCUT2D eigenvalue weighted by molar-refractivity contribution is 9.10. The number of halogens is 1. The summed E-state index contributed by atoms with van der Waals surface area (Å²) >= 11 is 3.39. The molecule has 1 aliphatic carbocycles. The van der Waals surface area contributed by atoms with E-state index in [-0.39, 0.29) is 11.8 Å². The van der Waals surface area contributed by atoms with Gasteiger partial charge in [0, 0.05) is 35.1 Å². The van der Waals surface area contributed by atoms with Crippen LogP contribution in [-0.4, -0.2) is 31.5 Å². The molecule has 1 aromatic carbocycles. The van der Waals surface area contributed by atoms with Gasteiger partial charge in [-0.2, -0.15) is 0 Å². The van der Waals surface area contributed by atoms with Gasteiger partial charge in [-0.05, 0) is 37.1 Å². The normalized spacial score (nSPS) is 14.8. The average Bonchev–Trinajstić information content (AvgIpc) is 3.06. The minimum atomic E-state index is -0.231. The summed E-state index contributed by atoms with van der Waals surface area (Å²) in [4.78, 5) is 23.6. The quantitative estimate of drug-likeness (QED) is 0.698. The zero-order chi connectivity index (χ0) is 17.4. The van der Waals surface area contributed by atoms with Crippen molar-refractivity contribution in [3.05, 3.63) is 34.3 Å². The second kappa shape index (κ2) is 9.47. The number of methoxy groups -OCH3 is 1. The molecule has 0 aliphatic heterocycles. The van der Waals surface area contributed by atoms with Crippen LogP contribution in [0.3, 0.4) is 0 Å². The molecule has 0 aromatic heterocycles. The Hall–Kier alpha value is -1.82. The first kappa shape index (κ1) is 18.5. The number of hydrogen-bond donors (Lipinski definition) is 2. The summed E-state index contributed by atoms with van der Waals surface area (Å²) in [5, 5.41) is 5.72. The summed E-state index contributed by atoms with van der Waals surface area (Å²) in [5.41, 5.74) is 0.806. The Morgan fingerprint density at radius 1 is 1.33 bits per heavy atom. The molecule has 6 heteroatoms. The number of hydrogen-bond acceptors (Lipinski definition) is 3. The third-order valence-electron chi connectivity index (χ3n) is 3.98. The molecule has 0 heterocycles. The van der Waals surface area contributed by atoms with Crippen molar-refractivity contribution in [1.29, 1.82) is 0 Å². The number of benzene rings is 1. The van der Waals surface area contributed by atoms with Crippen LogP contribution in [0.5, 0.6) is 5.75 Å². The van der Waals surface area contributed by atoms with Crippen LogP contribution in [0.25, 0.3) is 6.08 Å². The van der Waals surface area contributed by atoms with Gasteiger partial charge in [-0.15, -0.1) is 0 Å². The molecule has 1 saturated carbocycles. The molecule has 0 atom stereocenters. The SMILES string of the molecule is COc1ccc(Br)cc1C=CC(=O)NCCC(=O)NC1CCCC1. The van der Waals surface area contributed by atoms with Crippen molar-refractivity contribution < 1.29 is 14.3 Å². The second-order valence-electron chi connectivity index (χ2n) is 5.81. The molecule has 130 valence electrons. The maximum atomic E-state index is 11.8. The number of amides is 2. The molecule has 0 radical (unpaired) electrons. The van der Waals surface area contributed by atoms with Gasteiger partial charge in [-0.1, -0.05) is 28.8 Å². The van der Waals surface area contributed by atoms with Crippen molar-refractivity contribution in [2.75, 3.05) is 13.7 Å². The van der Waals surface area contributed by atoms with E-state index in [0.717, 1.165) is 22.9 Å². The predicted molar refractivity (Wildman–Crippen MR) is 97.8 cm³/mol. The fourth-order valence-corrected chi connectivity index (χ4v) is 3.11. The van der Waals surface area contributed by atoms with E-state index in [0.29, 0.717) is 24.8 Å². The molecule has 0 saturated heterocycles. The van der Waals surface area contributed by atoms with Crippen molar-refractivity contribution in [3.63, 3.8) is 0 Å². The predicted octanol–water partition coefficient (Wildman–Crippen LogP) is 3.04. The lowest BCUT2D eigenvalue weighted by atomic mass is 10.2. The van der Waals surface area contributed by atoms with Crippen LogP contribution < -0.4 is 15.4 Å². The van der Waals surface area contributed by atoms with Crippen molar-refractivity contribution >= 4 is 33.8 Å². The summed E-state index contributed by atoms with van der Waals surface area (Å²) < 4.78 is 6.16. The third-order valence-corrected chi connectivity index (χ3v) is 4.47. The van der Waals surface area contributed by atoms with Gasteiger partial charge in [-0.25, -0.2) is 0 Å². The molecule has 2 rings (SSSR count). The van der Waals surface area contributed by atoms with E-state index in [1.54, 1.807) is 13.2 Å². The maximum absolute atomic E-state index is 11.8. The number of rotatable bonds is 7. The van der Waals surface area contributed by atoms with E-state index in [9.17, 15) is 9.59 Å². The van der Waals surface area contributed by atoms with Crippen LogP contribution in [0, 0.1) is 0 Å². The van der Waals surface area contributed by atoms with Gasteiger partial charge in [0.25, 0.3) is 0 Å². The fourth-order valence-electron chi connectivity index (χ4n) is 2.73. The van der Waals surface area contributed by atoms with Crippen molar-refractivity contribution in [2.45, 2.75) is 38.1 Å². The number of ether oxygens (including phenoxy) is 1. The molecule has 0 bridgehead atoms. The molecule has 24 heavy (non-hydrogen) atoms. The maximum Gasteiger partial charge on any atom is 0.244 e. The standard InChI is InChI=1S/C18H23BrN2O3/c1-24-16-8-7-14(19)12-13(16)6-9-17(22)20-11-10-18(23)21-15-4-2-3-5-15/h6-9,12,15H,2-5,10-11H2,1H3,(H,20,22)(H,21,23). The van der Waals surface area contributed by atoms with Crippen LogP contribution in [0.15, 0.2) is 28.7 Å². The fraction of sp³-hybridized carbons (Fsp3) is 0.444. The van der Waals surface area contributed by atoms with Gasteiger partial charge in [0.05, 0.1) is 7.11 Å². The lowest BCUT2D eigenvalue weighted by molar-refractivity contribution is -0.121. The van der Waals surface area contributed by atoms with E-state index in [2.05, 4.69) is 26.6 Å². The Morgan fingerprint density at radius 2 is 2.08 bits per heavy atom. The van der Waals surface area contributed by atoms with Gasteiger partial charge in [0.15, 0.2) is 0 Å². The lowest BCUT2D eigenvalue weighted by Gasteiger charge is -2.11. The van der Waals surface area contributed by atoms with Crippen LogP contribution >= 0.6 is 15.9 Å². The smallest absolute Gasteiger partial charge is 0.244 e. The van der Waals surface area contributed by atoms with Crippen LogP contribution in [0.1, 0.15) is 37.7 Å². The van der Waals surface area contributed by atoms with E-state index in [1.807, 2.05) is 18.2 Å². The van der Waals surface area contributed by atoms with Gasteiger partial charge in [-0.3, -0.25) is 9.59 Å². The first-order valence-corrected chi connectivity index (χ1v) is 8.96. The first-order chi connectivity index (χ1) is 11.6. The van der Waals surface area contributed by atoms with Crippen molar-refractivity contribution in [2.24, 2.45) is 0 Å². The number of nitrogens with one attached hydrogen (secondary N) is 2. The Morgan fingerprint density at radius 3 is 2.79 bits per heavy atom. The summed E-state index contributed by atoms with van der Waals surface area (Å²) in [6.07, 6.45) is 7.94. The molecule has 1 aliphatic rings. The van der Waals surface area contributed by atoms with Crippen molar-refractivity contribution in [1.82, 2.24) is 10.6 Å². The Kier molecular flexibility index (Phi) is 7.31. The molecular weight excluding hydrogens is 372 g/mol. The van der Waals surface area contributed by atoms with E-state index in [4.69, 9.17) is 4.74 Å². The molecule has 0 spiro atoms. The van der Waals surface area contributed by atoms with Gasteiger partial charge >= 0.3 is 0 Å². The zero-order valence-corrected chi connectivity index (χ0v) is 15.4. The molecule has 2 N–H and O–H groups in total. The summed E-state index contributed by atoms with van der Waals surface area (Å²) in [6.45, 7) is 0.331. The first-order valence-electron chi connectivity index (χ1n) is 8.17. The van der Waals surface area contributed by atoms with Crippen LogP contribution in [0.4, 0.5) is 0 Å². The number of carbonyl (C=O) groups excluding carboxylic acids is 2. The molecule has 5 nitrogen and oxygen atoms in total. The Bertz CT molecular complexity index is 610. The van der Waals surface area contributed by atoms with E-state index >= 15 is 0 Å². The zero-order valence-electron chi connectivity index (χ0n) is 13.8. The molecular formula is C18H23BrN2O3. The monoisotopic (exact) mass is 394 g/mol. The van der Waals surface area contributed by atoms with Gasteiger partial charge < -0.3 is 15.4 Å². The second-order valence-corrected chi connectivity index (χ2v) is 6.73. The topological polar surface area (TPSA) is 67.4 Å². The molecule has 0 unspecified atom stereocenters. The summed E-state index contributed by atoms with van der Waals surface area (Å²) in [5.74, 6) is 0.462. The molecule has 2 amide bonds. The van der Waals surface area contributed by atoms with Gasteiger partial charge in [0.2, 0.25) is 11.8 Å². The van der Waals surface area contributed by atoms with E-state index in [1.165, 1.54) is 18.9 Å².